The fourth-order valence-electron chi connectivity index (χ4n) is 2.74. The van der Waals surface area contributed by atoms with E-state index in [0.717, 1.165) is 10.6 Å². The predicted octanol–water partition coefficient (Wildman–Crippen LogP) is 6.35. The van der Waals surface area contributed by atoms with Crippen molar-refractivity contribution in [1.29, 1.82) is 0 Å². The number of halogens is 22. The van der Waals surface area contributed by atoms with Gasteiger partial charge in [0.1, 0.15) is 0 Å². The summed E-state index contributed by atoms with van der Waals surface area (Å²) in [4.78, 5) is 22.8. The number of aliphatic hydroxyl groups is 1. The summed E-state index contributed by atoms with van der Waals surface area (Å²) in [5.74, 6) is -58.8. The number of amides is 2. The second kappa shape index (κ2) is 13.1. The summed E-state index contributed by atoms with van der Waals surface area (Å²) in [6, 6.07) is 0. The zero-order chi connectivity index (χ0) is 37.4. The van der Waals surface area contributed by atoms with Gasteiger partial charge in [0.05, 0.1) is 6.10 Å². The smallest absolute Gasteiger partial charge is 0.389 e. The Kier molecular flexibility index (Phi) is 12.4. The number of hydrogen-bond donors (Lipinski definition) is 3. The highest BCUT2D eigenvalue weighted by Crippen LogP contribution is 2.56. The van der Waals surface area contributed by atoms with Crippen LogP contribution in [0, 0.1) is 0 Å². The number of alkyl halides is 22. The topological polar surface area (TPSA) is 78.4 Å². The minimum absolute atomic E-state index is 0.919. The van der Waals surface area contributed by atoms with Crippen molar-refractivity contribution in [2.45, 2.75) is 91.5 Å². The van der Waals surface area contributed by atoms with Crippen LogP contribution in [0.25, 0.3) is 0 Å². The maximum absolute atomic E-state index is 13.7. The van der Waals surface area contributed by atoms with E-state index in [4.69, 9.17) is 0 Å². The van der Waals surface area contributed by atoms with Crippen LogP contribution in [0.2, 0.25) is 0 Å². The number of rotatable bonds is 16. The largest absolute Gasteiger partial charge is 0.460 e. The molecule has 0 aromatic rings. The SMILES string of the molecule is O=C(NCC(O)CNC(=O)C(F)(F)CCC(F)(F)C(F)(F)C(F)(F)C(F)(F)F)C(F)(F)CCC(F)(F)C(F)(F)C(F)(F)C(F)(F)F. The first kappa shape index (κ1) is 43.4. The first-order valence-electron chi connectivity index (χ1n) is 11.3. The first-order valence-corrected chi connectivity index (χ1v) is 11.3. The Bertz CT molecular complexity index is 986. The lowest BCUT2D eigenvalue weighted by molar-refractivity contribution is -0.397. The molecule has 0 bridgehead atoms. The molecule has 274 valence electrons. The van der Waals surface area contributed by atoms with E-state index >= 15 is 0 Å². The van der Waals surface area contributed by atoms with Crippen molar-refractivity contribution in [1.82, 2.24) is 10.6 Å². The molecule has 0 aromatic heterocycles. The van der Waals surface area contributed by atoms with Crippen molar-refractivity contribution in [3.8, 4) is 0 Å². The number of hydrogen-bond acceptors (Lipinski definition) is 3. The van der Waals surface area contributed by atoms with Crippen molar-refractivity contribution in [3.63, 3.8) is 0 Å². The first-order chi connectivity index (χ1) is 19.9. The van der Waals surface area contributed by atoms with Gasteiger partial charge in [-0.1, -0.05) is 0 Å². The Hall–Kier alpha value is -2.64. The molecule has 0 fully saturated rings. The minimum atomic E-state index is -7.44. The fourth-order valence-corrected chi connectivity index (χ4v) is 2.74. The molecule has 0 rings (SSSR count). The third-order valence-electron chi connectivity index (χ3n) is 5.59. The van der Waals surface area contributed by atoms with Crippen LogP contribution < -0.4 is 10.6 Å². The molecule has 2 amide bonds. The highest BCUT2D eigenvalue weighted by atomic mass is 19.4. The second-order valence-electron chi connectivity index (χ2n) is 9.18. The Balaban J connectivity index is 5.19. The van der Waals surface area contributed by atoms with Gasteiger partial charge in [-0.05, 0) is 0 Å². The zero-order valence-electron chi connectivity index (χ0n) is 21.4. The maximum Gasteiger partial charge on any atom is 0.460 e. The van der Waals surface area contributed by atoms with Gasteiger partial charge in [0.2, 0.25) is 0 Å². The molecule has 27 heteroatoms. The lowest BCUT2D eigenvalue weighted by Gasteiger charge is -2.34. The third kappa shape index (κ3) is 8.83. The molecule has 0 aliphatic heterocycles. The molecule has 0 aromatic carbocycles. The van der Waals surface area contributed by atoms with Gasteiger partial charge in [0.15, 0.2) is 0 Å². The van der Waals surface area contributed by atoms with Crippen LogP contribution in [-0.2, 0) is 9.59 Å². The molecule has 46 heavy (non-hydrogen) atoms. The summed E-state index contributed by atoms with van der Waals surface area (Å²) in [6.07, 6.45) is -29.1. The van der Waals surface area contributed by atoms with Crippen molar-refractivity contribution in [2.24, 2.45) is 0 Å². The summed E-state index contributed by atoms with van der Waals surface area (Å²) in [5, 5.41) is 11.2. The van der Waals surface area contributed by atoms with Crippen molar-refractivity contribution in [3.05, 3.63) is 0 Å². The van der Waals surface area contributed by atoms with Gasteiger partial charge in [0, 0.05) is 38.8 Å². The van der Waals surface area contributed by atoms with E-state index in [-0.39, 0.29) is 0 Å². The maximum atomic E-state index is 13.7. The van der Waals surface area contributed by atoms with Gasteiger partial charge < -0.3 is 15.7 Å². The summed E-state index contributed by atoms with van der Waals surface area (Å²) < 4.78 is 284. The van der Waals surface area contributed by atoms with Gasteiger partial charge in [0.25, 0.3) is 11.8 Å². The molecular formula is C19H16F22N2O3. The lowest BCUT2D eigenvalue weighted by atomic mass is 9.97. The molecular weight excluding hydrogens is 722 g/mol. The van der Waals surface area contributed by atoms with Crippen LogP contribution in [0.4, 0.5) is 96.6 Å². The average Bonchev–Trinajstić information content (AvgIpc) is 2.86. The molecule has 0 unspecified atom stereocenters. The van der Waals surface area contributed by atoms with E-state index in [1.807, 2.05) is 0 Å². The van der Waals surface area contributed by atoms with E-state index in [9.17, 15) is 111 Å². The molecule has 0 heterocycles. The van der Waals surface area contributed by atoms with Gasteiger partial charge in [-0.15, -0.1) is 0 Å². The van der Waals surface area contributed by atoms with E-state index in [0.29, 0.717) is 0 Å². The molecule has 0 aliphatic carbocycles. The van der Waals surface area contributed by atoms with Crippen molar-refractivity contribution in [2.75, 3.05) is 13.1 Å². The summed E-state index contributed by atoms with van der Waals surface area (Å²) in [7, 11) is 0. The quantitative estimate of drug-likeness (QED) is 0.162. The monoisotopic (exact) mass is 738 g/mol. The van der Waals surface area contributed by atoms with Gasteiger partial charge in [-0.25, -0.2) is 0 Å². The molecule has 0 saturated heterocycles. The van der Waals surface area contributed by atoms with Crippen LogP contribution in [0.1, 0.15) is 25.7 Å². The predicted molar refractivity (Wildman–Crippen MR) is 102 cm³/mol. The Morgan fingerprint density at radius 1 is 0.435 bits per heavy atom. The molecule has 3 N–H and O–H groups in total. The summed E-state index contributed by atoms with van der Waals surface area (Å²) in [6.45, 7) is -3.26. The van der Waals surface area contributed by atoms with Crippen molar-refractivity contribution < 1.29 is 111 Å². The summed E-state index contributed by atoms with van der Waals surface area (Å²) >= 11 is 0. The zero-order valence-corrected chi connectivity index (χ0v) is 21.4. The standard InChI is InChI=1S/C19H16F22N2O3/c20-10(21,1-3-12(24,25)14(28,29)16(32,33)18(36,37)38)8(45)42-5-7(44)6-43-9(46)11(22,23)2-4-13(26,27)15(30,31)17(34,35)19(39,40)41/h7,44H,1-6H2,(H,42,45)(H,43,46). The average molecular weight is 738 g/mol. The molecule has 5 nitrogen and oxygen atoms in total. The van der Waals surface area contributed by atoms with Crippen LogP contribution >= 0.6 is 0 Å². The Morgan fingerprint density at radius 3 is 0.891 bits per heavy atom. The van der Waals surface area contributed by atoms with Gasteiger partial charge in [-0.3, -0.25) is 9.59 Å². The van der Waals surface area contributed by atoms with E-state index in [1.54, 1.807) is 0 Å². The summed E-state index contributed by atoms with van der Waals surface area (Å²) in [5.41, 5.74) is 0. The molecule has 0 aliphatic rings. The fraction of sp³-hybridized carbons (Fsp3) is 0.895. The van der Waals surface area contributed by atoms with E-state index < -0.39 is 116 Å². The van der Waals surface area contributed by atoms with Crippen LogP contribution in [-0.4, -0.2) is 95.8 Å². The number of carbonyl (C=O) groups is 2. The Morgan fingerprint density at radius 2 is 0.674 bits per heavy atom. The molecule has 0 radical (unpaired) electrons. The number of nitrogens with one attached hydrogen (secondary N) is 2. The molecule has 0 spiro atoms. The van der Waals surface area contributed by atoms with Crippen molar-refractivity contribution >= 4 is 11.8 Å². The highest BCUT2D eigenvalue weighted by Gasteiger charge is 2.82. The number of carbonyl (C=O) groups excluding carboxylic acids is 2. The third-order valence-corrected chi connectivity index (χ3v) is 5.59. The second-order valence-corrected chi connectivity index (χ2v) is 9.18. The van der Waals surface area contributed by atoms with Gasteiger partial charge in [-0.2, -0.15) is 96.6 Å². The van der Waals surface area contributed by atoms with Gasteiger partial charge >= 0.3 is 59.7 Å². The normalized spacial score (nSPS) is 15.3. The van der Waals surface area contributed by atoms with Crippen LogP contribution in [0.3, 0.4) is 0 Å². The van der Waals surface area contributed by atoms with E-state index in [1.165, 1.54) is 0 Å². The highest BCUT2D eigenvalue weighted by molar-refractivity contribution is 5.84. The molecule has 0 saturated carbocycles. The van der Waals surface area contributed by atoms with Crippen LogP contribution in [0.5, 0.6) is 0 Å². The lowest BCUT2D eigenvalue weighted by Crippen LogP contribution is -2.61. The number of aliphatic hydroxyl groups excluding tert-OH is 1. The van der Waals surface area contributed by atoms with E-state index in [2.05, 4.69) is 0 Å². The Labute approximate surface area is 239 Å². The molecule has 0 atom stereocenters. The van der Waals surface area contributed by atoms with Crippen LogP contribution in [0.15, 0.2) is 0 Å². The minimum Gasteiger partial charge on any atom is -0.389 e.